The molecular weight excluding hydrogens is 422 g/mol. The van der Waals surface area contributed by atoms with Gasteiger partial charge in [0.05, 0.1) is 6.54 Å². The van der Waals surface area contributed by atoms with Crippen LogP contribution in [0.15, 0.2) is 24.3 Å². The molecule has 200 valence electrons. The van der Waals surface area contributed by atoms with Crippen molar-refractivity contribution in [1.82, 2.24) is 10.2 Å². The van der Waals surface area contributed by atoms with Crippen LogP contribution >= 0.6 is 0 Å². The molecule has 0 aromatic heterocycles. The molecule has 5 heteroatoms. The number of hydrogen-bond donors (Lipinski definition) is 2. The van der Waals surface area contributed by atoms with Crippen molar-refractivity contribution in [2.75, 3.05) is 19.6 Å². The molecule has 3 N–H and O–H groups in total. The highest BCUT2D eigenvalue weighted by atomic mass is 16.2. The summed E-state index contributed by atoms with van der Waals surface area (Å²) in [5.74, 6) is -0.0205. The molecule has 0 aromatic rings. The van der Waals surface area contributed by atoms with Crippen molar-refractivity contribution in [2.45, 2.75) is 130 Å². The zero-order valence-corrected chi connectivity index (χ0v) is 23.1. The first-order chi connectivity index (χ1) is 16.5. The highest BCUT2D eigenvalue weighted by Gasteiger charge is 2.13. The van der Waals surface area contributed by atoms with Crippen LogP contribution in [0, 0.1) is 0 Å². The zero-order chi connectivity index (χ0) is 25.7. The fraction of sp³-hybridized carbons (Fsp3) is 0.793. The molecule has 0 saturated heterocycles. The van der Waals surface area contributed by atoms with E-state index in [-0.39, 0.29) is 12.5 Å². The third-order valence-corrected chi connectivity index (χ3v) is 5.50. The van der Waals surface area contributed by atoms with Gasteiger partial charge in [-0.2, -0.15) is 0 Å². The number of primary amides is 1. The second-order valence-electron chi connectivity index (χ2n) is 9.07. The molecule has 34 heavy (non-hydrogen) atoms. The SMILES string of the molecule is C/C=C\CCCCCCCCN(CCCCCCCC/C=C\CC)C(=O)CNC(N)=O.CCC. The second kappa shape index (κ2) is 29.3. The van der Waals surface area contributed by atoms with E-state index in [1.807, 2.05) is 4.90 Å². The molecule has 0 atom stereocenters. The summed E-state index contributed by atoms with van der Waals surface area (Å²) in [7, 11) is 0. The first kappa shape index (κ1) is 34.4. The number of nitrogens with zero attached hydrogens (tertiary/aromatic N) is 1. The molecule has 0 aromatic carbocycles. The largest absolute Gasteiger partial charge is 0.352 e. The van der Waals surface area contributed by atoms with Crippen LogP contribution in [-0.4, -0.2) is 36.5 Å². The quantitative estimate of drug-likeness (QED) is 0.130. The van der Waals surface area contributed by atoms with Gasteiger partial charge in [-0.1, -0.05) is 103 Å². The third kappa shape index (κ3) is 28.3. The first-order valence-electron chi connectivity index (χ1n) is 14.1. The standard InChI is InChI=1S/C26H49N3O2.C3H8/c1-3-5-7-9-11-13-15-17-19-21-23-29(25(30)24-28-26(27)31)22-20-18-16-14-12-10-8-6-4-2;1-3-2/h4-7H,3,8-24H2,1-2H3,(H3,27,28,31);3H2,1-2H3/b6-4-,7-5-;. The van der Waals surface area contributed by atoms with Gasteiger partial charge in [0.2, 0.25) is 5.91 Å². The maximum Gasteiger partial charge on any atom is 0.312 e. The van der Waals surface area contributed by atoms with E-state index in [9.17, 15) is 9.59 Å². The Labute approximate surface area is 212 Å². The minimum absolute atomic E-state index is 0.00551. The molecule has 0 saturated carbocycles. The third-order valence-electron chi connectivity index (χ3n) is 5.50. The van der Waals surface area contributed by atoms with E-state index in [1.54, 1.807) is 0 Å². The first-order valence-corrected chi connectivity index (χ1v) is 14.1. The van der Waals surface area contributed by atoms with Gasteiger partial charge in [0.15, 0.2) is 0 Å². The van der Waals surface area contributed by atoms with Crippen LogP contribution in [0.3, 0.4) is 0 Å². The summed E-state index contributed by atoms with van der Waals surface area (Å²) in [6.07, 6.45) is 28.1. The Morgan fingerprint density at radius 3 is 1.59 bits per heavy atom. The highest BCUT2D eigenvalue weighted by molar-refractivity contribution is 5.83. The summed E-state index contributed by atoms with van der Waals surface area (Å²) in [4.78, 5) is 25.3. The Morgan fingerprint density at radius 1 is 0.706 bits per heavy atom. The van der Waals surface area contributed by atoms with Gasteiger partial charge in [0.25, 0.3) is 0 Å². The van der Waals surface area contributed by atoms with E-state index < -0.39 is 6.03 Å². The average molecular weight is 480 g/mol. The Morgan fingerprint density at radius 2 is 1.15 bits per heavy atom. The number of nitrogens with two attached hydrogens (primary N) is 1. The monoisotopic (exact) mass is 479 g/mol. The maximum absolute atomic E-state index is 12.4. The van der Waals surface area contributed by atoms with Crippen molar-refractivity contribution < 1.29 is 9.59 Å². The zero-order valence-electron chi connectivity index (χ0n) is 23.1. The number of urea groups is 1. The van der Waals surface area contributed by atoms with Crippen LogP contribution in [-0.2, 0) is 4.79 Å². The molecule has 0 spiro atoms. The molecule has 0 unspecified atom stereocenters. The molecule has 0 heterocycles. The number of nitrogens with one attached hydrogen (secondary N) is 1. The van der Waals surface area contributed by atoms with Crippen molar-refractivity contribution >= 4 is 11.9 Å². The van der Waals surface area contributed by atoms with Crippen LogP contribution in [0.4, 0.5) is 4.79 Å². The normalized spacial score (nSPS) is 10.9. The van der Waals surface area contributed by atoms with Crippen molar-refractivity contribution in [3.8, 4) is 0 Å². The molecule has 5 nitrogen and oxygen atoms in total. The maximum atomic E-state index is 12.4. The number of carbonyl (C=O) groups is 2. The van der Waals surface area contributed by atoms with Crippen molar-refractivity contribution in [2.24, 2.45) is 5.73 Å². The molecule has 0 bridgehead atoms. The Balaban J connectivity index is 0. The molecule has 0 fully saturated rings. The lowest BCUT2D eigenvalue weighted by atomic mass is 10.1. The van der Waals surface area contributed by atoms with Gasteiger partial charge in [0.1, 0.15) is 0 Å². The number of carbonyl (C=O) groups excluding carboxylic acids is 2. The average Bonchev–Trinajstić information content (AvgIpc) is 2.81. The predicted octanol–water partition coefficient (Wildman–Crippen LogP) is 7.90. The van der Waals surface area contributed by atoms with E-state index in [1.165, 1.54) is 70.6 Å². The van der Waals surface area contributed by atoms with Gasteiger partial charge in [-0.15, -0.1) is 0 Å². The molecule has 0 aliphatic rings. The number of hydrogen-bond acceptors (Lipinski definition) is 2. The van der Waals surface area contributed by atoms with Crippen molar-refractivity contribution in [3.05, 3.63) is 24.3 Å². The highest BCUT2D eigenvalue weighted by Crippen LogP contribution is 2.11. The van der Waals surface area contributed by atoms with E-state index in [0.29, 0.717) is 0 Å². The summed E-state index contributed by atoms with van der Waals surface area (Å²) in [6, 6.07) is -0.639. The van der Waals surface area contributed by atoms with E-state index >= 15 is 0 Å². The minimum Gasteiger partial charge on any atom is -0.352 e. The summed E-state index contributed by atoms with van der Waals surface area (Å²) >= 11 is 0. The number of rotatable bonds is 21. The summed E-state index contributed by atoms with van der Waals surface area (Å²) in [5.41, 5.74) is 5.12. The van der Waals surface area contributed by atoms with Gasteiger partial charge >= 0.3 is 6.03 Å². The van der Waals surface area contributed by atoms with Crippen molar-refractivity contribution in [3.63, 3.8) is 0 Å². The number of amides is 3. The molecule has 0 aliphatic carbocycles. The summed E-state index contributed by atoms with van der Waals surface area (Å²) in [6.45, 7) is 10.1. The second-order valence-corrected chi connectivity index (χ2v) is 9.07. The number of allylic oxidation sites excluding steroid dienone is 4. The molecular formula is C29H57N3O2. The van der Waals surface area contributed by atoms with Crippen LogP contribution in [0.2, 0.25) is 0 Å². The van der Waals surface area contributed by atoms with Crippen LogP contribution in [0.1, 0.15) is 130 Å². The molecule has 0 radical (unpaired) electrons. The van der Waals surface area contributed by atoms with Gasteiger partial charge < -0.3 is 16.0 Å². The molecule has 3 amide bonds. The lowest BCUT2D eigenvalue weighted by molar-refractivity contribution is -0.130. The lowest BCUT2D eigenvalue weighted by Gasteiger charge is -2.23. The fourth-order valence-corrected chi connectivity index (χ4v) is 3.63. The fourth-order valence-electron chi connectivity index (χ4n) is 3.63. The Bertz CT molecular complexity index is 504. The Kier molecular flexibility index (Phi) is 29.6. The van der Waals surface area contributed by atoms with Crippen LogP contribution in [0.25, 0.3) is 0 Å². The van der Waals surface area contributed by atoms with Gasteiger partial charge in [0, 0.05) is 13.1 Å². The van der Waals surface area contributed by atoms with E-state index in [0.717, 1.165) is 45.2 Å². The van der Waals surface area contributed by atoms with E-state index in [4.69, 9.17) is 5.73 Å². The predicted molar refractivity (Wildman–Crippen MR) is 149 cm³/mol. The number of unbranched alkanes of at least 4 members (excludes halogenated alkanes) is 12. The Hall–Kier alpha value is -1.78. The van der Waals surface area contributed by atoms with Crippen LogP contribution < -0.4 is 11.1 Å². The topological polar surface area (TPSA) is 75.4 Å². The summed E-state index contributed by atoms with van der Waals surface area (Å²) in [5, 5.41) is 2.44. The summed E-state index contributed by atoms with van der Waals surface area (Å²) < 4.78 is 0. The van der Waals surface area contributed by atoms with Gasteiger partial charge in [-0.25, -0.2) is 4.79 Å². The lowest BCUT2D eigenvalue weighted by Crippen LogP contribution is -2.42. The van der Waals surface area contributed by atoms with Crippen LogP contribution in [0.5, 0.6) is 0 Å². The van der Waals surface area contributed by atoms with Gasteiger partial charge in [-0.05, 0) is 51.9 Å². The molecule has 0 aliphatic heterocycles. The minimum atomic E-state index is -0.639. The van der Waals surface area contributed by atoms with Gasteiger partial charge in [-0.3, -0.25) is 4.79 Å². The smallest absolute Gasteiger partial charge is 0.312 e. The van der Waals surface area contributed by atoms with E-state index in [2.05, 4.69) is 57.3 Å². The molecule has 0 rings (SSSR count). The van der Waals surface area contributed by atoms with Crippen molar-refractivity contribution in [1.29, 1.82) is 0 Å².